The second-order valence-electron chi connectivity index (χ2n) is 5.82. The summed E-state index contributed by atoms with van der Waals surface area (Å²) < 4.78 is 7.49. The Morgan fingerprint density at radius 1 is 1.33 bits per heavy atom. The number of rotatable bonds is 6. The third-order valence-corrected chi connectivity index (χ3v) is 4.25. The summed E-state index contributed by atoms with van der Waals surface area (Å²) in [7, 11) is 1.95. The third-order valence-electron chi connectivity index (χ3n) is 4.25. The van der Waals surface area contributed by atoms with Gasteiger partial charge in [0.05, 0.1) is 18.0 Å². The molecule has 3 rings (SSSR count). The van der Waals surface area contributed by atoms with Crippen LogP contribution in [0, 0.1) is 0 Å². The van der Waals surface area contributed by atoms with E-state index in [-0.39, 0.29) is 6.04 Å². The Hall–Kier alpha value is -1.59. The molecule has 3 heterocycles. The average molecular weight is 288 g/mol. The van der Waals surface area contributed by atoms with Crippen LogP contribution in [0.5, 0.6) is 0 Å². The lowest BCUT2D eigenvalue weighted by atomic mass is 10.1. The number of aryl methyl sites for hydroxylation is 1. The largest absolute Gasteiger partial charge is 0.468 e. The highest BCUT2D eigenvalue weighted by molar-refractivity contribution is 5.08. The van der Waals surface area contributed by atoms with Crippen LogP contribution in [0.15, 0.2) is 35.1 Å². The molecule has 1 aliphatic rings. The SMILES string of the molecule is CC(NCC(c1ccco1)N1CCCC1)c1ccn(C)n1. The van der Waals surface area contributed by atoms with Gasteiger partial charge in [0.1, 0.15) is 5.76 Å². The summed E-state index contributed by atoms with van der Waals surface area (Å²) in [5, 5.41) is 8.07. The van der Waals surface area contributed by atoms with Crippen molar-refractivity contribution in [3.63, 3.8) is 0 Å². The fourth-order valence-corrected chi connectivity index (χ4v) is 3.00. The highest BCUT2D eigenvalue weighted by atomic mass is 16.3. The first-order chi connectivity index (χ1) is 10.2. The molecule has 1 aliphatic heterocycles. The topological polar surface area (TPSA) is 46.2 Å². The van der Waals surface area contributed by atoms with E-state index in [0.717, 1.165) is 31.1 Å². The van der Waals surface area contributed by atoms with Crippen LogP contribution in [0.25, 0.3) is 0 Å². The lowest BCUT2D eigenvalue weighted by Crippen LogP contribution is -2.35. The molecule has 0 saturated carbocycles. The van der Waals surface area contributed by atoms with E-state index < -0.39 is 0 Å². The molecule has 0 aromatic carbocycles. The van der Waals surface area contributed by atoms with Crippen molar-refractivity contribution < 1.29 is 4.42 Å². The van der Waals surface area contributed by atoms with Crippen molar-refractivity contribution in [1.29, 1.82) is 0 Å². The van der Waals surface area contributed by atoms with Gasteiger partial charge in [-0.15, -0.1) is 0 Å². The van der Waals surface area contributed by atoms with Crippen molar-refractivity contribution in [3.8, 4) is 0 Å². The molecule has 2 aromatic rings. The predicted molar refractivity (Wildman–Crippen MR) is 81.9 cm³/mol. The molecule has 1 saturated heterocycles. The minimum absolute atomic E-state index is 0.242. The van der Waals surface area contributed by atoms with E-state index in [4.69, 9.17) is 4.42 Å². The van der Waals surface area contributed by atoms with Crippen molar-refractivity contribution in [2.24, 2.45) is 7.05 Å². The second kappa shape index (κ2) is 6.45. The zero-order valence-electron chi connectivity index (χ0n) is 12.8. The van der Waals surface area contributed by atoms with E-state index >= 15 is 0 Å². The molecule has 21 heavy (non-hydrogen) atoms. The summed E-state index contributed by atoms with van der Waals surface area (Å²) in [5.74, 6) is 1.05. The van der Waals surface area contributed by atoms with Crippen LogP contribution in [0.1, 0.15) is 43.3 Å². The van der Waals surface area contributed by atoms with Crippen molar-refractivity contribution >= 4 is 0 Å². The standard InChI is InChI=1S/C16H24N4O/c1-13(14-7-10-19(2)18-14)17-12-15(16-6-5-11-21-16)20-8-3-4-9-20/h5-7,10-11,13,15,17H,3-4,8-9,12H2,1-2H3. The number of aromatic nitrogens is 2. The Balaban J connectivity index is 1.64. The van der Waals surface area contributed by atoms with Gasteiger partial charge in [0.25, 0.3) is 0 Å². The van der Waals surface area contributed by atoms with E-state index in [1.165, 1.54) is 12.8 Å². The molecule has 2 aromatic heterocycles. The van der Waals surface area contributed by atoms with Gasteiger partial charge in [-0.2, -0.15) is 5.10 Å². The van der Waals surface area contributed by atoms with Crippen molar-refractivity contribution in [3.05, 3.63) is 42.1 Å². The van der Waals surface area contributed by atoms with Crippen LogP contribution in [-0.2, 0) is 7.05 Å². The van der Waals surface area contributed by atoms with Crippen molar-refractivity contribution in [1.82, 2.24) is 20.0 Å². The van der Waals surface area contributed by atoms with Gasteiger partial charge in [-0.3, -0.25) is 9.58 Å². The summed E-state index contributed by atoms with van der Waals surface area (Å²) in [6, 6.07) is 6.67. The summed E-state index contributed by atoms with van der Waals surface area (Å²) in [5.41, 5.74) is 1.08. The molecule has 2 atom stereocenters. The first-order valence-corrected chi connectivity index (χ1v) is 7.74. The fraction of sp³-hybridized carbons (Fsp3) is 0.562. The quantitative estimate of drug-likeness (QED) is 0.887. The van der Waals surface area contributed by atoms with Crippen LogP contribution in [0.3, 0.4) is 0 Å². The van der Waals surface area contributed by atoms with Gasteiger partial charge >= 0.3 is 0 Å². The maximum Gasteiger partial charge on any atom is 0.122 e. The van der Waals surface area contributed by atoms with Gasteiger partial charge in [-0.05, 0) is 51.1 Å². The van der Waals surface area contributed by atoms with Crippen LogP contribution >= 0.6 is 0 Å². The van der Waals surface area contributed by atoms with Gasteiger partial charge in [-0.1, -0.05) is 0 Å². The van der Waals surface area contributed by atoms with Crippen LogP contribution < -0.4 is 5.32 Å². The number of likely N-dealkylation sites (tertiary alicyclic amines) is 1. The van der Waals surface area contributed by atoms with E-state index in [2.05, 4.69) is 34.4 Å². The Morgan fingerprint density at radius 3 is 2.76 bits per heavy atom. The minimum Gasteiger partial charge on any atom is -0.468 e. The van der Waals surface area contributed by atoms with Crippen LogP contribution in [-0.4, -0.2) is 34.3 Å². The van der Waals surface area contributed by atoms with E-state index in [1.807, 2.05) is 24.0 Å². The molecule has 5 nitrogen and oxygen atoms in total. The number of nitrogens with one attached hydrogen (secondary N) is 1. The Kier molecular flexibility index (Phi) is 4.41. The lowest BCUT2D eigenvalue weighted by Gasteiger charge is -2.27. The van der Waals surface area contributed by atoms with Crippen LogP contribution in [0.4, 0.5) is 0 Å². The van der Waals surface area contributed by atoms with E-state index in [9.17, 15) is 0 Å². The lowest BCUT2D eigenvalue weighted by molar-refractivity contribution is 0.205. The molecule has 0 spiro atoms. The van der Waals surface area contributed by atoms with Gasteiger partial charge < -0.3 is 9.73 Å². The first-order valence-electron chi connectivity index (χ1n) is 7.74. The summed E-state index contributed by atoms with van der Waals surface area (Å²) in [6.07, 6.45) is 6.32. The highest BCUT2D eigenvalue weighted by Gasteiger charge is 2.26. The van der Waals surface area contributed by atoms with Gasteiger partial charge in [0.2, 0.25) is 0 Å². The maximum absolute atomic E-state index is 5.65. The predicted octanol–water partition coefficient (Wildman–Crippen LogP) is 2.50. The molecule has 1 N–H and O–H groups in total. The summed E-state index contributed by atoms with van der Waals surface area (Å²) in [4.78, 5) is 2.51. The Bertz CT molecular complexity index is 542. The van der Waals surface area contributed by atoms with E-state index in [1.54, 1.807) is 6.26 Å². The van der Waals surface area contributed by atoms with Crippen molar-refractivity contribution in [2.75, 3.05) is 19.6 Å². The van der Waals surface area contributed by atoms with Gasteiger partial charge in [0, 0.05) is 25.8 Å². The Morgan fingerprint density at radius 2 is 2.14 bits per heavy atom. The third kappa shape index (κ3) is 3.36. The Labute approximate surface area is 125 Å². The number of furan rings is 1. The van der Waals surface area contributed by atoms with Gasteiger partial charge in [0.15, 0.2) is 0 Å². The first kappa shape index (κ1) is 14.4. The monoisotopic (exact) mass is 288 g/mol. The molecule has 1 fully saturated rings. The fourth-order valence-electron chi connectivity index (χ4n) is 3.00. The van der Waals surface area contributed by atoms with E-state index in [0.29, 0.717) is 6.04 Å². The highest BCUT2D eigenvalue weighted by Crippen LogP contribution is 2.25. The zero-order valence-corrected chi connectivity index (χ0v) is 12.8. The maximum atomic E-state index is 5.65. The molecular formula is C16H24N4O. The molecule has 2 unspecified atom stereocenters. The molecule has 0 bridgehead atoms. The van der Waals surface area contributed by atoms with Crippen molar-refractivity contribution in [2.45, 2.75) is 31.8 Å². The molecule has 0 radical (unpaired) electrons. The minimum atomic E-state index is 0.242. The molecule has 0 aliphatic carbocycles. The molecule has 0 amide bonds. The average Bonchev–Trinajstić information content (AvgIpc) is 3.21. The molecule has 5 heteroatoms. The molecular weight excluding hydrogens is 264 g/mol. The van der Waals surface area contributed by atoms with Gasteiger partial charge in [-0.25, -0.2) is 0 Å². The number of hydrogen-bond donors (Lipinski definition) is 1. The van der Waals surface area contributed by atoms with Crippen LogP contribution in [0.2, 0.25) is 0 Å². The molecule has 114 valence electrons. The number of hydrogen-bond acceptors (Lipinski definition) is 4. The second-order valence-corrected chi connectivity index (χ2v) is 5.82. The summed E-state index contributed by atoms with van der Waals surface area (Å²) in [6.45, 7) is 5.35. The summed E-state index contributed by atoms with van der Waals surface area (Å²) >= 11 is 0. The zero-order chi connectivity index (χ0) is 14.7. The number of nitrogens with zero attached hydrogens (tertiary/aromatic N) is 3. The smallest absolute Gasteiger partial charge is 0.122 e. The normalized spacial score (nSPS) is 19.0.